The Labute approximate surface area is 177 Å². The molecule has 1 atom stereocenters. The maximum absolute atomic E-state index is 4.21. The SMILES string of the molecule is C=C/C=C1\C(=C/C)C(C=C)=C(C=C)C1(C(/C=C(/C)C=C)=C/C)c1cccc(C)c1. The summed E-state index contributed by atoms with van der Waals surface area (Å²) in [5.41, 5.74) is 8.83. The average Bonchev–Trinajstić information content (AvgIpc) is 3.01. The summed E-state index contributed by atoms with van der Waals surface area (Å²) < 4.78 is 0. The minimum absolute atomic E-state index is 0.494. The molecule has 0 heteroatoms. The lowest BCUT2D eigenvalue weighted by Gasteiger charge is -2.36. The molecule has 0 aromatic heterocycles. The van der Waals surface area contributed by atoms with Crippen LogP contribution in [0.5, 0.6) is 0 Å². The molecule has 1 aliphatic carbocycles. The number of aryl methyl sites for hydroxylation is 1. The third-order valence-corrected chi connectivity index (χ3v) is 5.56. The largest absolute Gasteiger partial charge is 0.0991 e. The Bertz CT molecular complexity index is 998. The zero-order valence-corrected chi connectivity index (χ0v) is 18.3. The fraction of sp³-hybridized carbons (Fsp3) is 0.172. The summed E-state index contributed by atoms with van der Waals surface area (Å²) in [5, 5.41) is 0. The molecular formula is C29H32. The molecule has 0 N–H and O–H groups in total. The van der Waals surface area contributed by atoms with Crippen LogP contribution in [-0.2, 0) is 5.41 Å². The van der Waals surface area contributed by atoms with E-state index < -0.39 is 5.41 Å². The highest BCUT2D eigenvalue weighted by molar-refractivity contribution is 5.79. The highest BCUT2D eigenvalue weighted by Gasteiger charge is 2.48. The van der Waals surface area contributed by atoms with E-state index in [-0.39, 0.29) is 0 Å². The van der Waals surface area contributed by atoms with Gasteiger partial charge in [-0.3, -0.25) is 0 Å². The van der Waals surface area contributed by atoms with Gasteiger partial charge in [-0.15, -0.1) is 0 Å². The minimum Gasteiger partial charge on any atom is -0.0991 e. The van der Waals surface area contributed by atoms with Crippen LogP contribution in [-0.4, -0.2) is 0 Å². The summed E-state index contributed by atoms with van der Waals surface area (Å²) in [4.78, 5) is 0. The molecule has 0 nitrogen and oxygen atoms in total. The highest BCUT2D eigenvalue weighted by atomic mass is 14.5. The highest BCUT2D eigenvalue weighted by Crippen LogP contribution is 2.57. The number of hydrogen-bond acceptors (Lipinski definition) is 0. The van der Waals surface area contributed by atoms with Crippen molar-refractivity contribution in [1.82, 2.24) is 0 Å². The Kier molecular flexibility index (Phi) is 7.18. The van der Waals surface area contributed by atoms with Crippen LogP contribution in [0.25, 0.3) is 0 Å². The van der Waals surface area contributed by atoms with Crippen LogP contribution in [0.1, 0.15) is 31.9 Å². The summed E-state index contributed by atoms with van der Waals surface area (Å²) in [5.74, 6) is 0. The van der Waals surface area contributed by atoms with Crippen molar-refractivity contribution in [1.29, 1.82) is 0 Å². The number of rotatable bonds is 7. The van der Waals surface area contributed by atoms with Gasteiger partial charge in [0.2, 0.25) is 0 Å². The average molecular weight is 381 g/mol. The molecule has 1 aromatic rings. The van der Waals surface area contributed by atoms with E-state index in [9.17, 15) is 0 Å². The van der Waals surface area contributed by atoms with Gasteiger partial charge in [-0.2, -0.15) is 0 Å². The predicted octanol–water partition coefficient (Wildman–Crippen LogP) is 8.05. The second kappa shape index (κ2) is 9.39. The van der Waals surface area contributed by atoms with Crippen LogP contribution < -0.4 is 0 Å². The molecule has 29 heavy (non-hydrogen) atoms. The number of benzene rings is 1. The van der Waals surface area contributed by atoms with E-state index in [4.69, 9.17) is 0 Å². The van der Waals surface area contributed by atoms with E-state index in [1.54, 1.807) is 0 Å². The molecule has 148 valence electrons. The first-order valence-electron chi connectivity index (χ1n) is 10.0. The molecule has 0 heterocycles. The third kappa shape index (κ3) is 3.63. The molecular weight excluding hydrogens is 348 g/mol. The van der Waals surface area contributed by atoms with Gasteiger partial charge in [0, 0.05) is 0 Å². The van der Waals surface area contributed by atoms with Crippen molar-refractivity contribution in [2.75, 3.05) is 0 Å². The first kappa shape index (κ1) is 22.2. The summed E-state index contributed by atoms with van der Waals surface area (Å²) in [6.45, 7) is 24.7. The Balaban J connectivity index is 3.17. The predicted molar refractivity (Wildman–Crippen MR) is 130 cm³/mol. The molecule has 0 radical (unpaired) electrons. The maximum atomic E-state index is 4.21. The van der Waals surface area contributed by atoms with Gasteiger partial charge in [0.1, 0.15) is 0 Å². The first-order chi connectivity index (χ1) is 14.0. The lowest BCUT2D eigenvalue weighted by molar-refractivity contribution is 0.753. The number of hydrogen-bond donors (Lipinski definition) is 0. The number of allylic oxidation sites excluding steroid dienone is 14. The van der Waals surface area contributed by atoms with Crippen molar-refractivity contribution < 1.29 is 0 Å². The summed E-state index contributed by atoms with van der Waals surface area (Å²) in [6, 6.07) is 8.72. The lowest BCUT2D eigenvalue weighted by Crippen LogP contribution is -2.30. The molecule has 0 amide bonds. The van der Waals surface area contributed by atoms with E-state index in [1.165, 1.54) is 27.8 Å². The first-order valence-corrected chi connectivity index (χ1v) is 10.0. The zero-order chi connectivity index (χ0) is 21.6. The van der Waals surface area contributed by atoms with Crippen LogP contribution in [0.2, 0.25) is 0 Å². The van der Waals surface area contributed by atoms with Gasteiger partial charge in [0.25, 0.3) is 0 Å². The van der Waals surface area contributed by atoms with Gasteiger partial charge in [0.15, 0.2) is 0 Å². The summed E-state index contributed by atoms with van der Waals surface area (Å²) in [7, 11) is 0. The van der Waals surface area contributed by atoms with Gasteiger partial charge < -0.3 is 0 Å². The second-order valence-corrected chi connectivity index (χ2v) is 7.21. The fourth-order valence-corrected chi connectivity index (χ4v) is 4.35. The van der Waals surface area contributed by atoms with Gasteiger partial charge in [-0.25, -0.2) is 0 Å². The Morgan fingerprint density at radius 2 is 1.76 bits per heavy atom. The Hall–Kier alpha value is -3.12. The topological polar surface area (TPSA) is 0 Å². The minimum atomic E-state index is -0.494. The third-order valence-electron chi connectivity index (χ3n) is 5.56. The van der Waals surface area contributed by atoms with Crippen LogP contribution in [0.15, 0.2) is 133 Å². The Morgan fingerprint density at radius 3 is 2.24 bits per heavy atom. The van der Waals surface area contributed by atoms with Gasteiger partial charge in [-0.1, -0.05) is 110 Å². The monoisotopic (exact) mass is 380 g/mol. The molecule has 1 aromatic carbocycles. The fourth-order valence-electron chi connectivity index (χ4n) is 4.35. The van der Waals surface area contributed by atoms with E-state index in [2.05, 4.69) is 103 Å². The summed E-state index contributed by atoms with van der Waals surface area (Å²) in [6.07, 6.45) is 16.4. The molecule has 0 aliphatic heterocycles. The van der Waals surface area contributed by atoms with Crippen molar-refractivity contribution >= 4 is 0 Å². The smallest absolute Gasteiger partial charge is 0.0710 e. The molecule has 0 fully saturated rings. The molecule has 0 bridgehead atoms. The van der Waals surface area contributed by atoms with Gasteiger partial charge in [0.05, 0.1) is 5.41 Å². The van der Waals surface area contributed by atoms with E-state index in [1.807, 2.05) is 24.3 Å². The van der Waals surface area contributed by atoms with Crippen LogP contribution in [0.3, 0.4) is 0 Å². The normalized spacial score (nSPS) is 22.9. The van der Waals surface area contributed by atoms with E-state index in [0.717, 1.165) is 16.7 Å². The standard InChI is InChI=1S/C29H32/c1-9-16-28-26(13-5)25(12-4)27(14-6)29(28,23(11-3)19-21(7)10-2)24-18-15-17-22(8)20-24/h9-20H,1-2,4,6H2,3,5,7-8H3/b21-19-,23-11+,26-13-,28-16+. The molecule has 0 saturated carbocycles. The van der Waals surface area contributed by atoms with E-state index >= 15 is 0 Å². The summed E-state index contributed by atoms with van der Waals surface area (Å²) >= 11 is 0. The molecule has 2 rings (SSSR count). The molecule has 1 aliphatic rings. The van der Waals surface area contributed by atoms with E-state index in [0.29, 0.717) is 0 Å². The Morgan fingerprint density at radius 1 is 1.03 bits per heavy atom. The van der Waals surface area contributed by atoms with Crippen molar-refractivity contribution in [3.05, 3.63) is 144 Å². The van der Waals surface area contributed by atoms with Crippen molar-refractivity contribution in [3.63, 3.8) is 0 Å². The van der Waals surface area contributed by atoms with Crippen molar-refractivity contribution in [2.24, 2.45) is 0 Å². The molecule has 0 spiro atoms. The quantitative estimate of drug-likeness (QED) is 0.420. The van der Waals surface area contributed by atoms with Gasteiger partial charge in [-0.05, 0) is 61.1 Å². The van der Waals surface area contributed by atoms with Crippen molar-refractivity contribution in [3.8, 4) is 0 Å². The molecule has 0 saturated heterocycles. The lowest BCUT2D eigenvalue weighted by atomic mass is 9.65. The van der Waals surface area contributed by atoms with Crippen LogP contribution in [0, 0.1) is 6.92 Å². The second-order valence-electron chi connectivity index (χ2n) is 7.21. The maximum Gasteiger partial charge on any atom is 0.0710 e. The van der Waals surface area contributed by atoms with Crippen LogP contribution >= 0.6 is 0 Å². The zero-order valence-electron chi connectivity index (χ0n) is 18.3. The van der Waals surface area contributed by atoms with Crippen LogP contribution in [0.4, 0.5) is 0 Å². The molecule has 1 unspecified atom stereocenters. The van der Waals surface area contributed by atoms with Gasteiger partial charge >= 0.3 is 0 Å². The van der Waals surface area contributed by atoms with Crippen molar-refractivity contribution in [2.45, 2.75) is 33.1 Å².